The van der Waals surface area contributed by atoms with Gasteiger partial charge in [0.2, 0.25) is 0 Å². The van der Waals surface area contributed by atoms with Gasteiger partial charge in [0.1, 0.15) is 12.4 Å². The Hall–Kier alpha value is -4.66. The van der Waals surface area contributed by atoms with Crippen molar-refractivity contribution in [2.75, 3.05) is 42.9 Å². The predicted molar refractivity (Wildman–Crippen MR) is 212 cm³/mol. The Bertz CT molecular complexity index is 1890. The molecule has 0 saturated carbocycles. The van der Waals surface area contributed by atoms with Gasteiger partial charge in [-0.2, -0.15) is 0 Å². The van der Waals surface area contributed by atoms with Gasteiger partial charge in [0.15, 0.2) is 0 Å². The summed E-state index contributed by atoms with van der Waals surface area (Å²) >= 11 is 1.69. The van der Waals surface area contributed by atoms with Crippen molar-refractivity contribution >= 4 is 59.3 Å². The summed E-state index contributed by atoms with van der Waals surface area (Å²) in [6, 6.07) is 37.8. The second-order valence-corrected chi connectivity index (χ2v) is 19.7. The standard InChI is InChI=1S/C42H47N3O3SSi/c1-29-24-37-39(26-35(29)43(6)7)49-40-27-36(44(8)9)30(2)25-38(40)45(37)41(46)47-28-31-20-22-32(23-21-31)48-50(42(3,4)5,33-16-12-10-13-17-33)34-18-14-11-15-19-34/h10-27H,28H2,1-9H3. The Morgan fingerprint density at radius 1 is 0.700 bits per heavy atom. The summed E-state index contributed by atoms with van der Waals surface area (Å²) in [6.45, 7) is 11.1. The largest absolute Gasteiger partial charge is 0.534 e. The average Bonchev–Trinajstić information content (AvgIpc) is 3.08. The zero-order valence-corrected chi connectivity index (χ0v) is 32.4. The second kappa shape index (κ2) is 13.9. The Balaban J connectivity index is 1.29. The third kappa shape index (κ3) is 6.62. The molecule has 1 aliphatic rings. The summed E-state index contributed by atoms with van der Waals surface area (Å²) in [5.41, 5.74) is 6.98. The van der Waals surface area contributed by atoms with Gasteiger partial charge in [0.25, 0.3) is 0 Å². The molecule has 0 aliphatic carbocycles. The van der Waals surface area contributed by atoms with Crippen LogP contribution in [0.25, 0.3) is 0 Å². The average molecular weight is 702 g/mol. The van der Waals surface area contributed by atoms with E-state index in [0.717, 1.165) is 55.0 Å². The fourth-order valence-electron chi connectivity index (χ4n) is 6.94. The molecule has 6 rings (SSSR count). The van der Waals surface area contributed by atoms with Crippen LogP contribution in [0.3, 0.4) is 0 Å². The Morgan fingerprint density at radius 2 is 1.16 bits per heavy atom. The summed E-state index contributed by atoms with van der Waals surface area (Å²) < 4.78 is 13.3. The maximum Gasteiger partial charge on any atom is 0.419 e. The van der Waals surface area contributed by atoms with Gasteiger partial charge in [-0.3, -0.25) is 0 Å². The van der Waals surface area contributed by atoms with Crippen molar-refractivity contribution in [1.29, 1.82) is 0 Å². The quantitative estimate of drug-likeness (QED) is 0.150. The minimum absolute atomic E-state index is 0.135. The van der Waals surface area contributed by atoms with E-state index in [1.165, 1.54) is 10.4 Å². The molecule has 0 aromatic heterocycles. The monoisotopic (exact) mass is 701 g/mol. The Kier molecular flexibility index (Phi) is 9.79. The van der Waals surface area contributed by atoms with E-state index in [0.29, 0.717) is 0 Å². The fraction of sp³-hybridized carbons (Fsp3) is 0.262. The van der Waals surface area contributed by atoms with E-state index in [1.807, 2.05) is 52.5 Å². The number of anilines is 4. The molecule has 1 heterocycles. The van der Waals surface area contributed by atoms with Gasteiger partial charge in [-0.1, -0.05) is 105 Å². The molecule has 0 N–H and O–H groups in total. The van der Waals surface area contributed by atoms with Crippen LogP contribution in [0.2, 0.25) is 5.04 Å². The molecule has 50 heavy (non-hydrogen) atoms. The van der Waals surface area contributed by atoms with Crippen molar-refractivity contribution in [2.45, 2.75) is 56.1 Å². The van der Waals surface area contributed by atoms with Gasteiger partial charge >= 0.3 is 14.4 Å². The molecule has 8 heteroatoms. The first-order valence-corrected chi connectivity index (χ1v) is 19.7. The highest BCUT2D eigenvalue weighted by Crippen LogP contribution is 2.52. The van der Waals surface area contributed by atoms with Crippen LogP contribution in [0.4, 0.5) is 27.5 Å². The van der Waals surface area contributed by atoms with Gasteiger partial charge in [-0.05, 0) is 82.3 Å². The van der Waals surface area contributed by atoms with Crippen LogP contribution in [0.5, 0.6) is 5.75 Å². The third-order valence-electron chi connectivity index (χ3n) is 9.38. The molecule has 1 aliphatic heterocycles. The third-order valence-corrected chi connectivity index (χ3v) is 15.4. The van der Waals surface area contributed by atoms with Gasteiger partial charge < -0.3 is 19.0 Å². The van der Waals surface area contributed by atoms with E-state index in [-0.39, 0.29) is 11.6 Å². The van der Waals surface area contributed by atoms with Crippen molar-refractivity contribution in [3.63, 3.8) is 0 Å². The first-order valence-electron chi connectivity index (χ1n) is 17.0. The lowest BCUT2D eigenvalue weighted by atomic mass is 10.1. The molecule has 0 bridgehead atoms. The molecular formula is C42H47N3O3SSi. The molecule has 0 atom stereocenters. The Labute approximate surface area is 302 Å². The van der Waals surface area contributed by atoms with Crippen LogP contribution >= 0.6 is 11.8 Å². The van der Waals surface area contributed by atoms with E-state index in [4.69, 9.17) is 9.16 Å². The van der Waals surface area contributed by atoms with Crippen molar-refractivity contribution in [3.8, 4) is 5.75 Å². The van der Waals surface area contributed by atoms with E-state index in [1.54, 1.807) is 16.7 Å². The van der Waals surface area contributed by atoms with Crippen LogP contribution in [0, 0.1) is 13.8 Å². The highest BCUT2D eigenvalue weighted by Gasteiger charge is 2.52. The SMILES string of the molecule is Cc1cc2c(cc1N(C)C)Sc1cc(N(C)C)c(C)cc1N2C(=O)OCc1ccc(O[Si](c2ccccc2)(c2ccccc2)C(C)(C)C)cc1. The van der Waals surface area contributed by atoms with Crippen molar-refractivity contribution < 1.29 is 14.0 Å². The molecule has 5 aromatic rings. The van der Waals surface area contributed by atoms with E-state index >= 15 is 0 Å². The minimum Gasteiger partial charge on any atom is -0.534 e. The first kappa shape index (κ1) is 35.2. The lowest BCUT2D eigenvalue weighted by Gasteiger charge is -2.43. The number of amides is 1. The predicted octanol–water partition coefficient (Wildman–Crippen LogP) is 9.31. The number of carbonyl (C=O) groups excluding carboxylic acids is 1. The molecular weight excluding hydrogens is 655 g/mol. The summed E-state index contributed by atoms with van der Waals surface area (Å²) in [6.07, 6.45) is -0.408. The molecule has 0 fully saturated rings. The van der Waals surface area contributed by atoms with Gasteiger partial charge in [-0.15, -0.1) is 0 Å². The minimum atomic E-state index is -2.77. The van der Waals surface area contributed by atoms with Crippen molar-refractivity contribution in [3.05, 3.63) is 126 Å². The van der Waals surface area contributed by atoms with Crippen LogP contribution < -0.4 is 29.5 Å². The number of rotatable bonds is 8. The van der Waals surface area contributed by atoms with Crippen LogP contribution in [-0.2, 0) is 11.3 Å². The van der Waals surface area contributed by atoms with E-state index < -0.39 is 14.4 Å². The molecule has 0 radical (unpaired) electrons. The zero-order valence-electron chi connectivity index (χ0n) is 30.6. The number of aryl methyl sites for hydroxylation is 2. The Morgan fingerprint density at radius 3 is 1.58 bits per heavy atom. The molecule has 258 valence electrons. The van der Waals surface area contributed by atoms with Gasteiger partial charge in [0.05, 0.1) is 11.4 Å². The topological polar surface area (TPSA) is 45.2 Å². The zero-order chi connectivity index (χ0) is 35.8. The molecule has 0 saturated heterocycles. The highest BCUT2D eigenvalue weighted by molar-refractivity contribution is 7.99. The lowest BCUT2D eigenvalue weighted by molar-refractivity contribution is 0.149. The highest BCUT2D eigenvalue weighted by atomic mass is 32.2. The number of nitrogens with zero attached hydrogens (tertiary/aromatic N) is 3. The molecule has 1 amide bonds. The van der Waals surface area contributed by atoms with Crippen molar-refractivity contribution in [2.24, 2.45) is 0 Å². The summed E-state index contributed by atoms with van der Waals surface area (Å²) in [4.78, 5) is 22.1. The molecule has 0 unspecified atom stereocenters. The van der Waals surface area contributed by atoms with Gasteiger partial charge in [-0.25, -0.2) is 9.69 Å². The summed E-state index contributed by atoms with van der Waals surface area (Å²) in [5.74, 6) is 0.796. The van der Waals surface area contributed by atoms with Gasteiger partial charge in [0, 0.05) is 49.4 Å². The van der Waals surface area contributed by atoms with Crippen molar-refractivity contribution in [1.82, 2.24) is 0 Å². The summed E-state index contributed by atoms with van der Waals surface area (Å²) in [5, 5.41) is 2.29. The van der Waals surface area contributed by atoms with Crippen LogP contribution in [0.1, 0.15) is 37.5 Å². The molecule has 5 aromatic carbocycles. The number of carbonyl (C=O) groups is 1. The number of benzene rings is 5. The van der Waals surface area contributed by atoms with Crippen LogP contribution in [0.15, 0.2) is 119 Å². The van der Waals surface area contributed by atoms with E-state index in [9.17, 15) is 4.79 Å². The summed E-state index contributed by atoms with van der Waals surface area (Å²) in [7, 11) is 5.40. The number of fused-ring (bicyclic) bond motifs is 2. The maximum absolute atomic E-state index is 14.1. The lowest BCUT2D eigenvalue weighted by Crippen LogP contribution is -2.68. The van der Waals surface area contributed by atoms with Crippen LogP contribution in [-0.4, -0.2) is 42.6 Å². The first-order chi connectivity index (χ1) is 23.8. The number of hydrogen-bond donors (Lipinski definition) is 0. The van der Waals surface area contributed by atoms with E-state index in [2.05, 4.69) is 129 Å². The maximum atomic E-state index is 14.1. The second-order valence-electron chi connectivity index (χ2n) is 14.4. The smallest absolute Gasteiger partial charge is 0.419 e. The molecule has 0 spiro atoms. The fourth-order valence-corrected chi connectivity index (χ4v) is 12.4. The number of hydrogen-bond acceptors (Lipinski definition) is 6. The number of ether oxygens (including phenoxy) is 1. The molecule has 6 nitrogen and oxygen atoms in total. The normalized spacial score (nSPS) is 12.5.